The van der Waals surface area contributed by atoms with Crippen LogP contribution in [-0.2, 0) is 4.74 Å². The van der Waals surface area contributed by atoms with E-state index in [1.54, 1.807) is 7.11 Å². The summed E-state index contributed by atoms with van der Waals surface area (Å²) in [6, 6.07) is 0.371. The van der Waals surface area contributed by atoms with E-state index in [1.165, 1.54) is 0 Å². The molecule has 6 nitrogen and oxygen atoms in total. The highest BCUT2D eigenvalue weighted by atomic mass is 16.5. The van der Waals surface area contributed by atoms with Gasteiger partial charge < -0.3 is 15.4 Å². The molecule has 0 fully saturated rings. The zero-order chi connectivity index (χ0) is 11.3. The number of rotatable bonds is 6. The normalized spacial score (nSPS) is 12.7. The number of aromatic nitrogens is 3. The van der Waals surface area contributed by atoms with Crippen molar-refractivity contribution in [3.05, 3.63) is 0 Å². The molecule has 15 heavy (non-hydrogen) atoms. The summed E-state index contributed by atoms with van der Waals surface area (Å²) in [4.78, 5) is 6.19. The first kappa shape index (κ1) is 11.8. The fraction of sp³-hybridized carbons (Fsp3) is 0.778. The summed E-state index contributed by atoms with van der Waals surface area (Å²) >= 11 is 0. The van der Waals surface area contributed by atoms with Crippen molar-refractivity contribution >= 4 is 11.9 Å². The topological polar surface area (TPSA) is 80.1 Å². The van der Waals surface area contributed by atoms with Gasteiger partial charge in [-0.25, -0.2) is 5.10 Å². The number of anilines is 2. The molecule has 86 valence electrons. The molecule has 3 N–H and O–H groups in total. The molecule has 1 aromatic rings. The van der Waals surface area contributed by atoms with Crippen molar-refractivity contribution in [2.45, 2.75) is 26.3 Å². The van der Waals surface area contributed by atoms with E-state index in [9.17, 15) is 0 Å². The van der Waals surface area contributed by atoms with Crippen LogP contribution in [-0.4, -0.2) is 41.5 Å². The Labute approximate surface area is 89.8 Å². The molecular weight excluding hydrogens is 194 g/mol. The van der Waals surface area contributed by atoms with Gasteiger partial charge in [0.2, 0.25) is 11.9 Å². The number of methoxy groups -OCH3 is 1. The molecule has 1 aromatic heterocycles. The smallest absolute Gasteiger partial charge is 0.246 e. The molecule has 1 unspecified atom stereocenters. The first-order valence-corrected chi connectivity index (χ1v) is 5.12. The van der Waals surface area contributed by atoms with Gasteiger partial charge in [0.05, 0.1) is 6.61 Å². The largest absolute Gasteiger partial charge is 0.383 e. The lowest BCUT2D eigenvalue weighted by molar-refractivity contribution is 0.203. The van der Waals surface area contributed by atoms with Crippen LogP contribution in [0.4, 0.5) is 11.9 Å². The Morgan fingerprint density at radius 3 is 2.80 bits per heavy atom. The van der Waals surface area contributed by atoms with Crippen molar-refractivity contribution in [3.63, 3.8) is 0 Å². The molecule has 1 rings (SSSR count). The maximum Gasteiger partial charge on any atom is 0.246 e. The van der Waals surface area contributed by atoms with E-state index in [0.29, 0.717) is 24.5 Å². The summed E-state index contributed by atoms with van der Waals surface area (Å²) in [7, 11) is 1.68. The predicted molar refractivity (Wildman–Crippen MR) is 59.8 cm³/mol. The molecule has 0 saturated carbocycles. The van der Waals surface area contributed by atoms with Crippen molar-refractivity contribution in [1.82, 2.24) is 15.2 Å². The molecule has 0 spiro atoms. The van der Waals surface area contributed by atoms with Crippen LogP contribution < -0.4 is 10.6 Å². The van der Waals surface area contributed by atoms with Crippen LogP contribution in [0.25, 0.3) is 0 Å². The Bertz CT molecular complexity index is 288. The maximum atomic E-state index is 5.50. The molecule has 0 radical (unpaired) electrons. The predicted octanol–water partition coefficient (Wildman–Crippen LogP) is 0.638. The zero-order valence-corrected chi connectivity index (χ0v) is 9.53. The minimum atomic E-state index is 0.343. The number of nitrogens with zero attached hydrogens (tertiary/aromatic N) is 3. The van der Waals surface area contributed by atoms with Crippen LogP contribution in [0.3, 0.4) is 0 Å². The van der Waals surface area contributed by atoms with Gasteiger partial charge in [-0.3, -0.25) is 0 Å². The molecule has 0 aliphatic heterocycles. The van der Waals surface area contributed by atoms with Gasteiger partial charge in [0.25, 0.3) is 0 Å². The number of ether oxygens (including phenoxy) is 1. The van der Waals surface area contributed by atoms with Crippen LogP contribution in [0.2, 0.25) is 0 Å². The van der Waals surface area contributed by atoms with Gasteiger partial charge in [-0.2, -0.15) is 4.98 Å². The Morgan fingerprint density at radius 1 is 1.60 bits per heavy atom. The second-order valence-corrected chi connectivity index (χ2v) is 3.46. The first-order valence-electron chi connectivity index (χ1n) is 5.12. The fourth-order valence-corrected chi connectivity index (χ4v) is 1.32. The lowest BCUT2D eigenvalue weighted by Gasteiger charge is -2.26. The van der Waals surface area contributed by atoms with Crippen molar-refractivity contribution in [2.24, 2.45) is 0 Å². The zero-order valence-electron chi connectivity index (χ0n) is 9.53. The molecule has 6 heteroatoms. The lowest BCUT2D eigenvalue weighted by Crippen LogP contribution is -2.36. The average Bonchev–Trinajstić information content (AvgIpc) is 2.65. The lowest BCUT2D eigenvalue weighted by atomic mass is 10.2. The van der Waals surface area contributed by atoms with Crippen molar-refractivity contribution in [2.75, 3.05) is 30.9 Å². The summed E-state index contributed by atoms with van der Waals surface area (Å²) in [5.74, 6) is 0.981. The monoisotopic (exact) mass is 213 g/mol. The van der Waals surface area contributed by atoms with Gasteiger partial charge >= 0.3 is 0 Å². The third-order valence-corrected chi connectivity index (χ3v) is 2.41. The third-order valence-electron chi connectivity index (χ3n) is 2.41. The Balaban J connectivity index is 2.71. The third kappa shape index (κ3) is 3.09. The molecule has 0 aliphatic rings. The molecule has 1 atom stereocenters. The van der Waals surface area contributed by atoms with Gasteiger partial charge in [0, 0.05) is 19.7 Å². The minimum Gasteiger partial charge on any atom is -0.383 e. The van der Waals surface area contributed by atoms with Gasteiger partial charge in [0.1, 0.15) is 0 Å². The number of nitrogen functional groups attached to an aromatic ring is 1. The van der Waals surface area contributed by atoms with E-state index in [-0.39, 0.29) is 0 Å². The number of hydrogen-bond donors (Lipinski definition) is 2. The van der Waals surface area contributed by atoms with Crippen LogP contribution in [0, 0.1) is 0 Å². The van der Waals surface area contributed by atoms with E-state index in [0.717, 1.165) is 13.0 Å². The summed E-state index contributed by atoms with van der Waals surface area (Å²) in [6.07, 6.45) is 1.03. The highest BCUT2D eigenvalue weighted by Crippen LogP contribution is 2.13. The van der Waals surface area contributed by atoms with E-state index in [4.69, 9.17) is 10.5 Å². The molecule has 0 amide bonds. The van der Waals surface area contributed by atoms with Crippen molar-refractivity contribution < 1.29 is 4.74 Å². The summed E-state index contributed by atoms with van der Waals surface area (Å²) in [5, 5.41) is 6.69. The van der Waals surface area contributed by atoms with Crippen LogP contribution in [0.15, 0.2) is 0 Å². The van der Waals surface area contributed by atoms with E-state index in [1.807, 2.05) is 0 Å². The molecule has 0 aliphatic carbocycles. The van der Waals surface area contributed by atoms with Gasteiger partial charge in [0.15, 0.2) is 0 Å². The van der Waals surface area contributed by atoms with Gasteiger partial charge in [-0.05, 0) is 13.3 Å². The van der Waals surface area contributed by atoms with Crippen molar-refractivity contribution in [1.29, 1.82) is 0 Å². The highest BCUT2D eigenvalue weighted by molar-refractivity contribution is 5.34. The first-order chi connectivity index (χ1) is 7.19. The molecule has 1 heterocycles. The van der Waals surface area contributed by atoms with Crippen LogP contribution in [0.5, 0.6) is 0 Å². The second-order valence-electron chi connectivity index (χ2n) is 3.46. The van der Waals surface area contributed by atoms with Gasteiger partial charge in [-0.15, -0.1) is 5.10 Å². The Hall–Kier alpha value is -1.30. The molecule has 0 saturated heterocycles. The summed E-state index contributed by atoms with van der Waals surface area (Å²) < 4.78 is 5.06. The Kier molecular flexibility index (Phi) is 4.36. The molecule has 0 aromatic carbocycles. The van der Waals surface area contributed by atoms with Crippen LogP contribution >= 0.6 is 0 Å². The average molecular weight is 213 g/mol. The fourth-order valence-electron chi connectivity index (χ4n) is 1.32. The Morgan fingerprint density at radius 2 is 2.33 bits per heavy atom. The van der Waals surface area contributed by atoms with E-state index >= 15 is 0 Å². The van der Waals surface area contributed by atoms with Crippen LogP contribution in [0.1, 0.15) is 20.3 Å². The number of aromatic amines is 1. The number of nitrogens with one attached hydrogen (secondary N) is 1. The standard InChI is InChI=1S/C9H19N5O/c1-4-7(2)14(5-6-15-3)9-11-8(10)12-13-9/h7H,4-6H2,1-3H3,(H3,10,11,12,13). The second kappa shape index (κ2) is 5.55. The SMILES string of the molecule is CCC(C)N(CCOC)c1n[nH]c(N)n1. The van der Waals surface area contributed by atoms with Gasteiger partial charge in [-0.1, -0.05) is 6.92 Å². The minimum absolute atomic E-state index is 0.343. The summed E-state index contributed by atoms with van der Waals surface area (Å²) in [6.45, 7) is 5.67. The highest BCUT2D eigenvalue weighted by Gasteiger charge is 2.16. The molecule has 0 bridgehead atoms. The van der Waals surface area contributed by atoms with E-state index in [2.05, 4.69) is 33.9 Å². The number of H-pyrrole nitrogens is 1. The summed E-state index contributed by atoms with van der Waals surface area (Å²) in [5.41, 5.74) is 5.50. The number of hydrogen-bond acceptors (Lipinski definition) is 5. The number of nitrogens with two attached hydrogens (primary N) is 1. The maximum absolute atomic E-state index is 5.50. The quantitative estimate of drug-likeness (QED) is 0.724. The molecular formula is C9H19N5O. The van der Waals surface area contributed by atoms with E-state index < -0.39 is 0 Å². The van der Waals surface area contributed by atoms with Crippen molar-refractivity contribution in [3.8, 4) is 0 Å².